The molecule has 0 radical (unpaired) electrons. The molecule has 162 valence electrons. The number of pyridine rings is 1. The fraction of sp³-hybridized carbons (Fsp3) is 0.292. The van der Waals surface area contributed by atoms with Crippen LogP contribution in [-0.2, 0) is 13.5 Å². The standard InChI is InChI=1S/C24H25N7O/c1-29(2)20-14-31(15-20)24-9-17(6-7-25-24)22(32)10-23-26-11-18-5-4-16(8-21(18)28-23)19-12-27-30(3)13-19/h4-9,11-13,20H,10,14-15H2,1-3H3. The van der Waals surface area contributed by atoms with Crippen molar-refractivity contribution in [1.82, 2.24) is 29.6 Å². The summed E-state index contributed by atoms with van der Waals surface area (Å²) in [4.78, 5) is 30.9. The van der Waals surface area contributed by atoms with Gasteiger partial charge >= 0.3 is 0 Å². The van der Waals surface area contributed by atoms with E-state index in [9.17, 15) is 4.79 Å². The molecular formula is C24H25N7O. The Morgan fingerprint density at radius 3 is 2.69 bits per heavy atom. The van der Waals surface area contributed by atoms with Crippen molar-refractivity contribution in [3.8, 4) is 11.1 Å². The second kappa shape index (κ2) is 8.12. The van der Waals surface area contributed by atoms with Crippen molar-refractivity contribution in [3.63, 3.8) is 0 Å². The number of aryl methyl sites for hydroxylation is 1. The van der Waals surface area contributed by atoms with Gasteiger partial charge in [-0.1, -0.05) is 12.1 Å². The van der Waals surface area contributed by atoms with Gasteiger partial charge in [-0.05, 0) is 37.9 Å². The lowest BCUT2D eigenvalue weighted by Gasteiger charge is -2.43. The highest BCUT2D eigenvalue weighted by molar-refractivity contribution is 5.98. The van der Waals surface area contributed by atoms with Gasteiger partial charge in [-0.15, -0.1) is 0 Å². The third-order valence-corrected chi connectivity index (χ3v) is 5.97. The highest BCUT2D eigenvalue weighted by Crippen LogP contribution is 2.24. The lowest BCUT2D eigenvalue weighted by Crippen LogP contribution is -2.57. The van der Waals surface area contributed by atoms with Crippen LogP contribution in [-0.4, -0.2) is 68.6 Å². The van der Waals surface area contributed by atoms with E-state index < -0.39 is 0 Å². The number of hydrogen-bond acceptors (Lipinski definition) is 7. The Hall–Kier alpha value is -3.65. The molecule has 8 nitrogen and oxygen atoms in total. The van der Waals surface area contributed by atoms with Crippen molar-refractivity contribution in [3.05, 3.63) is 66.5 Å². The van der Waals surface area contributed by atoms with Gasteiger partial charge in [0.15, 0.2) is 5.78 Å². The van der Waals surface area contributed by atoms with Gasteiger partial charge in [0.2, 0.25) is 0 Å². The van der Waals surface area contributed by atoms with Crippen molar-refractivity contribution < 1.29 is 4.79 Å². The molecule has 1 saturated heterocycles. The summed E-state index contributed by atoms with van der Waals surface area (Å²) in [6.07, 6.45) is 7.42. The molecule has 0 bridgehead atoms. The average molecular weight is 428 g/mol. The smallest absolute Gasteiger partial charge is 0.170 e. The lowest BCUT2D eigenvalue weighted by atomic mass is 10.1. The summed E-state index contributed by atoms with van der Waals surface area (Å²) in [5.74, 6) is 1.34. The number of hydrogen-bond donors (Lipinski definition) is 0. The maximum absolute atomic E-state index is 12.9. The van der Waals surface area contributed by atoms with Crippen LogP contribution in [0.2, 0.25) is 0 Å². The summed E-state index contributed by atoms with van der Waals surface area (Å²) in [6.45, 7) is 1.84. The minimum atomic E-state index is -0.0129. The molecule has 1 fully saturated rings. The van der Waals surface area contributed by atoms with Crippen molar-refractivity contribution in [2.75, 3.05) is 32.1 Å². The molecule has 4 heterocycles. The lowest BCUT2D eigenvalue weighted by molar-refractivity contribution is 0.0990. The molecule has 1 aliphatic heterocycles. The molecule has 8 heteroatoms. The number of nitrogens with zero attached hydrogens (tertiary/aromatic N) is 7. The van der Waals surface area contributed by atoms with Crippen molar-refractivity contribution in [1.29, 1.82) is 0 Å². The summed E-state index contributed by atoms with van der Waals surface area (Å²) in [5, 5.41) is 5.17. The first-order valence-corrected chi connectivity index (χ1v) is 10.6. The van der Waals surface area contributed by atoms with Crippen LogP contribution in [0.5, 0.6) is 0 Å². The number of benzene rings is 1. The number of anilines is 1. The number of likely N-dealkylation sites (N-methyl/N-ethyl adjacent to an activating group) is 1. The Balaban J connectivity index is 1.34. The Bertz CT molecular complexity index is 1290. The van der Waals surface area contributed by atoms with Gasteiger partial charge in [-0.25, -0.2) is 15.0 Å². The van der Waals surface area contributed by atoms with Gasteiger partial charge in [-0.2, -0.15) is 5.10 Å². The molecular weight excluding hydrogens is 402 g/mol. The number of Topliss-reactive ketones (excluding diaryl/α,β-unsaturated/α-hetero) is 1. The molecule has 1 aromatic carbocycles. The predicted molar refractivity (Wildman–Crippen MR) is 124 cm³/mol. The highest BCUT2D eigenvalue weighted by atomic mass is 16.1. The summed E-state index contributed by atoms with van der Waals surface area (Å²) >= 11 is 0. The number of aromatic nitrogens is 5. The molecule has 1 aliphatic rings. The predicted octanol–water partition coefficient (Wildman–Crippen LogP) is 2.60. The van der Waals surface area contributed by atoms with Crippen molar-refractivity contribution >= 4 is 22.5 Å². The second-order valence-corrected chi connectivity index (χ2v) is 8.49. The molecule has 0 spiro atoms. The van der Waals surface area contributed by atoms with E-state index in [0.717, 1.165) is 40.9 Å². The monoisotopic (exact) mass is 427 g/mol. The van der Waals surface area contributed by atoms with E-state index in [1.54, 1.807) is 23.1 Å². The van der Waals surface area contributed by atoms with Crippen LogP contribution >= 0.6 is 0 Å². The van der Waals surface area contributed by atoms with Gasteiger partial charge in [0.1, 0.15) is 11.6 Å². The first kappa shape index (κ1) is 20.3. The Kier molecular flexibility index (Phi) is 5.14. The molecule has 4 aromatic rings. The SMILES string of the molecule is CN(C)C1CN(c2cc(C(=O)Cc3ncc4ccc(-c5cnn(C)c5)cc4n3)ccn2)C1. The van der Waals surface area contributed by atoms with Crippen molar-refractivity contribution in [2.24, 2.45) is 7.05 Å². The van der Waals surface area contributed by atoms with Gasteiger partial charge in [0, 0.05) is 61.3 Å². The molecule has 5 rings (SSSR count). The molecule has 0 saturated carbocycles. The molecule has 0 atom stereocenters. The Labute approximate surface area is 186 Å². The third kappa shape index (κ3) is 3.97. The quantitative estimate of drug-likeness (QED) is 0.438. The van der Waals surface area contributed by atoms with Crippen LogP contribution in [0.3, 0.4) is 0 Å². The van der Waals surface area contributed by atoms with Gasteiger partial charge in [0.05, 0.1) is 18.1 Å². The average Bonchev–Trinajstić information content (AvgIpc) is 3.18. The van der Waals surface area contributed by atoms with Crippen LogP contribution in [0, 0.1) is 0 Å². The largest absolute Gasteiger partial charge is 0.353 e. The normalized spacial score (nSPS) is 14.2. The van der Waals surface area contributed by atoms with Crippen LogP contribution in [0.4, 0.5) is 5.82 Å². The van der Waals surface area contributed by atoms with Crippen molar-refractivity contribution in [2.45, 2.75) is 12.5 Å². The molecule has 3 aromatic heterocycles. The second-order valence-electron chi connectivity index (χ2n) is 8.49. The number of carbonyl (C=O) groups excluding carboxylic acids is 1. The summed E-state index contributed by atoms with van der Waals surface area (Å²) < 4.78 is 1.77. The molecule has 0 unspecified atom stereocenters. The number of carbonyl (C=O) groups is 1. The van der Waals surface area contributed by atoms with E-state index >= 15 is 0 Å². The number of fused-ring (bicyclic) bond motifs is 1. The Morgan fingerprint density at radius 1 is 1.09 bits per heavy atom. The topological polar surface area (TPSA) is 80.0 Å². The number of ketones is 1. The highest BCUT2D eigenvalue weighted by Gasteiger charge is 2.29. The van der Waals surface area contributed by atoms with E-state index in [1.165, 1.54) is 0 Å². The fourth-order valence-electron chi connectivity index (χ4n) is 3.88. The molecule has 32 heavy (non-hydrogen) atoms. The minimum absolute atomic E-state index is 0.0129. The molecule has 0 amide bonds. The van der Waals surface area contributed by atoms with Gasteiger partial charge < -0.3 is 9.80 Å². The van der Waals surface area contributed by atoms with E-state index in [2.05, 4.69) is 43.9 Å². The first-order valence-electron chi connectivity index (χ1n) is 10.6. The first-order chi connectivity index (χ1) is 15.5. The zero-order chi connectivity index (χ0) is 22.2. The van der Waals surface area contributed by atoms with Crippen LogP contribution in [0.15, 0.2) is 55.1 Å². The van der Waals surface area contributed by atoms with Gasteiger partial charge in [0.25, 0.3) is 0 Å². The summed E-state index contributed by atoms with van der Waals surface area (Å²) in [5.41, 5.74) is 3.51. The third-order valence-electron chi connectivity index (χ3n) is 5.97. The maximum Gasteiger partial charge on any atom is 0.170 e. The van der Waals surface area contributed by atoms with E-state index in [1.807, 2.05) is 43.7 Å². The van der Waals surface area contributed by atoms with Crippen LogP contribution < -0.4 is 4.90 Å². The van der Waals surface area contributed by atoms with E-state index in [4.69, 9.17) is 0 Å². The van der Waals surface area contributed by atoms with E-state index in [0.29, 0.717) is 17.4 Å². The maximum atomic E-state index is 12.9. The number of rotatable bonds is 6. The van der Waals surface area contributed by atoms with Crippen LogP contribution in [0.25, 0.3) is 22.0 Å². The van der Waals surface area contributed by atoms with E-state index in [-0.39, 0.29) is 12.2 Å². The summed E-state index contributed by atoms with van der Waals surface area (Å²) in [7, 11) is 6.06. The summed E-state index contributed by atoms with van der Waals surface area (Å²) in [6, 6.07) is 10.2. The minimum Gasteiger partial charge on any atom is -0.353 e. The molecule has 0 N–H and O–H groups in total. The Morgan fingerprint density at radius 2 is 1.94 bits per heavy atom. The van der Waals surface area contributed by atoms with Gasteiger partial charge in [-0.3, -0.25) is 9.48 Å². The van der Waals surface area contributed by atoms with Crippen LogP contribution in [0.1, 0.15) is 16.2 Å². The zero-order valence-corrected chi connectivity index (χ0v) is 18.4. The molecule has 0 aliphatic carbocycles. The zero-order valence-electron chi connectivity index (χ0n) is 18.4. The fourth-order valence-corrected chi connectivity index (χ4v) is 3.88.